The first-order valence-electron chi connectivity index (χ1n) is 8.37. The molecule has 10 nitrogen and oxygen atoms in total. The predicted molar refractivity (Wildman–Crippen MR) is 103 cm³/mol. The SMILES string of the molecule is COc1cc(N2C(=O)c3cccc([N+](=O)[O-])c3C2=O)c(Cl)cc1C(=O)OCC(C)=O. The molecule has 1 aliphatic heterocycles. The quantitative estimate of drug-likeness (QED) is 0.294. The summed E-state index contributed by atoms with van der Waals surface area (Å²) in [5.41, 5.74) is -1.27. The minimum absolute atomic E-state index is 0.0750. The number of Topliss-reactive ketones (excluding diaryl/α,β-unsaturated/α-hetero) is 1. The Morgan fingerprint density at radius 2 is 1.90 bits per heavy atom. The van der Waals surface area contributed by atoms with Gasteiger partial charge in [0.1, 0.15) is 23.5 Å². The van der Waals surface area contributed by atoms with Crippen LogP contribution in [0.5, 0.6) is 5.75 Å². The van der Waals surface area contributed by atoms with Crippen molar-refractivity contribution in [3.05, 3.63) is 62.2 Å². The maximum atomic E-state index is 12.9. The van der Waals surface area contributed by atoms with Gasteiger partial charge >= 0.3 is 5.97 Å². The highest BCUT2D eigenvalue weighted by Crippen LogP contribution is 2.40. The number of nitro benzene ring substituents is 1. The number of anilines is 1. The summed E-state index contributed by atoms with van der Waals surface area (Å²) in [7, 11) is 1.24. The fourth-order valence-electron chi connectivity index (χ4n) is 2.93. The van der Waals surface area contributed by atoms with E-state index in [1.54, 1.807) is 0 Å². The number of hydrogen-bond acceptors (Lipinski definition) is 8. The van der Waals surface area contributed by atoms with Gasteiger partial charge in [0, 0.05) is 12.1 Å². The Labute approximate surface area is 174 Å². The standard InChI is InChI=1S/C19H13ClN2O8/c1-9(23)8-30-19(26)11-6-12(20)14(7-15(11)29-2)21-17(24)10-4-3-5-13(22(27)28)16(10)18(21)25/h3-7H,8H2,1-2H3. The summed E-state index contributed by atoms with van der Waals surface area (Å²) in [5, 5.41) is 11.1. The number of ketones is 1. The topological polar surface area (TPSA) is 133 Å². The van der Waals surface area contributed by atoms with Crippen LogP contribution in [-0.4, -0.2) is 42.2 Å². The van der Waals surface area contributed by atoms with Crippen molar-refractivity contribution >= 4 is 46.5 Å². The monoisotopic (exact) mass is 432 g/mol. The zero-order valence-electron chi connectivity index (χ0n) is 15.6. The Balaban J connectivity index is 2.07. The lowest BCUT2D eigenvalue weighted by molar-refractivity contribution is -0.385. The van der Waals surface area contributed by atoms with E-state index in [1.165, 1.54) is 32.2 Å². The van der Waals surface area contributed by atoms with E-state index in [0.717, 1.165) is 12.1 Å². The summed E-state index contributed by atoms with van der Waals surface area (Å²) in [6, 6.07) is 5.99. The maximum Gasteiger partial charge on any atom is 0.342 e. The maximum absolute atomic E-state index is 12.9. The molecule has 0 unspecified atom stereocenters. The molecule has 3 rings (SSSR count). The van der Waals surface area contributed by atoms with Gasteiger partial charge in [0.15, 0.2) is 5.78 Å². The van der Waals surface area contributed by atoms with Gasteiger partial charge < -0.3 is 9.47 Å². The molecule has 2 amide bonds. The van der Waals surface area contributed by atoms with Gasteiger partial charge in [0.2, 0.25) is 0 Å². The highest BCUT2D eigenvalue weighted by atomic mass is 35.5. The molecule has 2 aromatic rings. The number of amides is 2. The van der Waals surface area contributed by atoms with Crippen molar-refractivity contribution < 1.29 is 33.6 Å². The summed E-state index contributed by atoms with van der Waals surface area (Å²) in [6.45, 7) is 0.783. The van der Waals surface area contributed by atoms with Gasteiger partial charge in [0.05, 0.1) is 28.3 Å². The van der Waals surface area contributed by atoms with E-state index in [9.17, 15) is 29.3 Å². The molecule has 0 aliphatic carbocycles. The molecule has 1 aliphatic rings. The highest BCUT2D eigenvalue weighted by molar-refractivity contribution is 6.40. The molecule has 30 heavy (non-hydrogen) atoms. The molecule has 0 spiro atoms. The zero-order valence-corrected chi connectivity index (χ0v) is 16.4. The second kappa shape index (κ2) is 7.91. The summed E-state index contributed by atoms with van der Waals surface area (Å²) in [5.74, 6) is -3.09. The zero-order chi connectivity index (χ0) is 22.2. The van der Waals surface area contributed by atoms with E-state index in [2.05, 4.69) is 0 Å². The average Bonchev–Trinajstić information content (AvgIpc) is 2.96. The van der Waals surface area contributed by atoms with Gasteiger partial charge in [-0.2, -0.15) is 0 Å². The van der Waals surface area contributed by atoms with E-state index in [-0.39, 0.29) is 38.9 Å². The summed E-state index contributed by atoms with van der Waals surface area (Å²) < 4.78 is 9.97. The fourth-order valence-corrected chi connectivity index (χ4v) is 3.17. The molecule has 0 bridgehead atoms. The van der Waals surface area contributed by atoms with Crippen LogP contribution in [0.15, 0.2) is 30.3 Å². The normalized spacial score (nSPS) is 12.6. The molecule has 0 atom stereocenters. The number of esters is 1. The first-order valence-corrected chi connectivity index (χ1v) is 8.75. The lowest BCUT2D eigenvalue weighted by Crippen LogP contribution is -2.30. The van der Waals surface area contributed by atoms with Crippen LogP contribution in [0.1, 0.15) is 38.0 Å². The molecule has 2 aromatic carbocycles. The van der Waals surface area contributed by atoms with Crippen LogP contribution in [0.2, 0.25) is 5.02 Å². The van der Waals surface area contributed by atoms with Gasteiger partial charge in [-0.1, -0.05) is 17.7 Å². The smallest absolute Gasteiger partial charge is 0.342 e. The van der Waals surface area contributed by atoms with Crippen LogP contribution in [-0.2, 0) is 9.53 Å². The van der Waals surface area contributed by atoms with E-state index in [0.29, 0.717) is 4.90 Å². The number of fused-ring (bicyclic) bond motifs is 1. The Hall–Kier alpha value is -3.79. The van der Waals surface area contributed by atoms with Crippen LogP contribution in [0.25, 0.3) is 0 Å². The Morgan fingerprint density at radius 1 is 1.20 bits per heavy atom. The second-order valence-corrected chi connectivity index (χ2v) is 6.59. The number of nitro groups is 1. The van der Waals surface area contributed by atoms with Crippen LogP contribution in [0.4, 0.5) is 11.4 Å². The molecule has 11 heteroatoms. The average molecular weight is 433 g/mol. The second-order valence-electron chi connectivity index (χ2n) is 6.18. The molecule has 1 heterocycles. The fraction of sp³-hybridized carbons (Fsp3) is 0.158. The Morgan fingerprint density at radius 3 is 2.50 bits per heavy atom. The summed E-state index contributed by atoms with van der Waals surface area (Å²) in [4.78, 5) is 60.0. The summed E-state index contributed by atoms with van der Waals surface area (Å²) >= 11 is 6.21. The van der Waals surface area contributed by atoms with Gasteiger partial charge in [-0.05, 0) is 19.1 Å². The van der Waals surface area contributed by atoms with E-state index >= 15 is 0 Å². The number of imide groups is 1. The first kappa shape index (κ1) is 20.9. The molecule has 0 saturated carbocycles. The molecule has 0 fully saturated rings. The molecule has 0 radical (unpaired) electrons. The third-order valence-corrected chi connectivity index (χ3v) is 4.53. The van der Waals surface area contributed by atoms with Gasteiger partial charge in [-0.15, -0.1) is 0 Å². The van der Waals surface area contributed by atoms with E-state index in [4.69, 9.17) is 21.1 Å². The van der Waals surface area contributed by atoms with Crippen LogP contribution < -0.4 is 9.64 Å². The number of benzene rings is 2. The minimum atomic E-state index is -0.932. The van der Waals surface area contributed by atoms with Crippen molar-refractivity contribution in [2.75, 3.05) is 18.6 Å². The number of carbonyl (C=O) groups excluding carboxylic acids is 4. The van der Waals surface area contributed by atoms with Crippen molar-refractivity contribution in [1.82, 2.24) is 0 Å². The molecular formula is C19H13ClN2O8. The largest absolute Gasteiger partial charge is 0.496 e. The molecular weight excluding hydrogens is 420 g/mol. The first-order chi connectivity index (χ1) is 14.2. The third kappa shape index (κ3) is 3.48. The number of carbonyl (C=O) groups is 4. The number of hydrogen-bond donors (Lipinski definition) is 0. The van der Waals surface area contributed by atoms with Crippen molar-refractivity contribution in [3.63, 3.8) is 0 Å². The van der Waals surface area contributed by atoms with Crippen molar-refractivity contribution in [3.8, 4) is 5.75 Å². The Kier molecular flexibility index (Phi) is 5.52. The molecule has 0 aromatic heterocycles. The van der Waals surface area contributed by atoms with Crippen molar-refractivity contribution in [2.24, 2.45) is 0 Å². The van der Waals surface area contributed by atoms with Crippen LogP contribution in [0.3, 0.4) is 0 Å². The number of rotatable bonds is 6. The van der Waals surface area contributed by atoms with Crippen LogP contribution >= 0.6 is 11.6 Å². The van der Waals surface area contributed by atoms with Crippen LogP contribution in [0, 0.1) is 10.1 Å². The Bertz CT molecular complexity index is 1130. The molecule has 154 valence electrons. The lowest BCUT2D eigenvalue weighted by atomic mass is 10.1. The van der Waals surface area contributed by atoms with Gasteiger partial charge in [-0.3, -0.25) is 24.5 Å². The summed E-state index contributed by atoms with van der Waals surface area (Å²) in [6.07, 6.45) is 0. The van der Waals surface area contributed by atoms with Gasteiger partial charge in [-0.25, -0.2) is 9.69 Å². The van der Waals surface area contributed by atoms with Crippen molar-refractivity contribution in [1.29, 1.82) is 0 Å². The number of methoxy groups -OCH3 is 1. The number of ether oxygens (including phenoxy) is 2. The highest BCUT2D eigenvalue weighted by Gasteiger charge is 2.43. The molecule has 0 N–H and O–H groups in total. The van der Waals surface area contributed by atoms with E-state index < -0.39 is 35.0 Å². The number of halogens is 1. The van der Waals surface area contributed by atoms with Gasteiger partial charge in [0.25, 0.3) is 17.5 Å². The number of nitrogens with zero attached hydrogens (tertiary/aromatic N) is 2. The molecule has 0 saturated heterocycles. The third-order valence-electron chi connectivity index (χ3n) is 4.23. The predicted octanol–water partition coefficient (Wildman–Crippen LogP) is 2.80. The van der Waals surface area contributed by atoms with Crippen molar-refractivity contribution in [2.45, 2.75) is 6.92 Å². The van der Waals surface area contributed by atoms with E-state index in [1.807, 2.05) is 0 Å². The lowest BCUT2D eigenvalue weighted by Gasteiger charge is -2.18. The minimum Gasteiger partial charge on any atom is -0.496 e.